The van der Waals surface area contributed by atoms with E-state index in [1.165, 1.54) is 16.3 Å². The van der Waals surface area contributed by atoms with E-state index in [0.29, 0.717) is 45.8 Å². The lowest BCUT2D eigenvalue weighted by Crippen LogP contribution is -2.47. The number of anilines is 1. The number of thioether (sulfide) groups is 1. The van der Waals surface area contributed by atoms with Gasteiger partial charge in [0, 0.05) is 38.7 Å². The highest BCUT2D eigenvalue weighted by molar-refractivity contribution is 8.26. The minimum absolute atomic E-state index is 0.0298. The van der Waals surface area contributed by atoms with Crippen molar-refractivity contribution in [2.24, 2.45) is 7.05 Å². The summed E-state index contributed by atoms with van der Waals surface area (Å²) in [4.78, 5) is 41.2. The summed E-state index contributed by atoms with van der Waals surface area (Å²) in [6.45, 7) is 7.48. The van der Waals surface area contributed by atoms with E-state index in [1.807, 2.05) is 13.8 Å². The Labute approximate surface area is 246 Å². The van der Waals surface area contributed by atoms with E-state index < -0.39 is 5.97 Å². The van der Waals surface area contributed by atoms with Crippen molar-refractivity contribution in [2.45, 2.75) is 90.8 Å². The monoisotopic (exact) mass is 588 g/mol. The van der Waals surface area contributed by atoms with Crippen LogP contribution in [-0.4, -0.2) is 62.6 Å². The van der Waals surface area contributed by atoms with Crippen molar-refractivity contribution in [3.8, 4) is 6.07 Å². The summed E-state index contributed by atoms with van der Waals surface area (Å²) in [5.74, 6) is -0.199. The second kappa shape index (κ2) is 14.8. The number of carboxylic acids is 1. The van der Waals surface area contributed by atoms with Crippen LogP contribution in [0.3, 0.4) is 0 Å². The third kappa shape index (κ3) is 7.95. The van der Waals surface area contributed by atoms with Crippen LogP contribution in [0.5, 0.6) is 0 Å². The second-order valence-corrected chi connectivity index (χ2v) is 12.4. The largest absolute Gasteiger partial charge is 0.481 e. The summed E-state index contributed by atoms with van der Waals surface area (Å²) in [6.07, 6.45) is 9.81. The summed E-state index contributed by atoms with van der Waals surface area (Å²) >= 11 is 6.82. The maximum atomic E-state index is 13.4. The molecule has 2 aliphatic rings. The number of rotatable bonds is 13. The van der Waals surface area contributed by atoms with Crippen LogP contribution in [0.15, 0.2) is 9.70 Å². The maximum Gasteiger partial charge on any atom is 0.303 e. The zero-order chi connectivity index (χ0) is 29.4. The Morgan fingerprint density at radius 2 is 1.68 bits per heavy atom. The highest BCUT2D eigenvalue weighted by atomic mass is 32.2. The molecule has 2 saturated heterocycles. The number of carbonyl (C=O) groups excluding carboxylic acids is 1. The van der Waals surface area contributed by atoms with Crippen LogP contribution in [0.2, 0.25) is 0 Å². The minimum Gasteiger partial charge on any atom is -0.481 e. The van der Waals surface area contributed by atoms with Gasteiger partial charge in [0.1, 0.15) is 21.8 Å². The molecule has 11 heteroatoms. The Kier molecular flexibility index (Phi) is 11.8. The summed E-state index contributed by atoms with van der Waals surface area (Å²) < 4.78 is 7.93. The first kappa shape index (κ1) is 31.8. The van der Waals surface area contributed by atoms with Crippen molar-refractivity contribution < 1.29 is 19.4 Å². The molecule has 3 rings (SSSR count). The van der Waals surface area contributed by atoms with E-state index >= 15 is 0 Å². The van der Waals surface area contributed by atoms with Crippen molar-refractivity contribution in [1.29, 1.82) is 5.26 Å². The van der Waals surface area contributed by atoms with E-state index in [9.17, 15) is 19.6 Å². The number of aromatic nitrogens is 1. The van der Waals surface area contributed by atoms with Crippen LogP contribution in [-0.2, 0) is 21.4 Å². The molecule has 3 heterocycles. The van der Waals surface area contributed by atoms with Crippen LogP contribution in [0.1, 0.15) is 88.3 Å². The number of thiocarbonyl (C=S) groups is 1. The predicted octanol–water partition coefficient (Wildman–Crippen LogP) is 4.98. The molecular weight excluding hydrogens is 548 g/mol. The van der Waals surface area contributed by atoms with Gasteiger partial charge >= 0.3 is 5.97 Å². The van der Waals surface area contributed by atoms with E-state index in [0.717, 1.165) is 51.4 Å². The Morgan fingerprint density at radius 3 is 2.25 bits per heavy atom. The molecule has 0 aromatic carbocycles. The fourth-order valence-corrected chi connectivity index (χ4v) is 6.67. The summed E-state index contributed by atoms with van der Waals surface area (Å²) in [5, 5.41) is 18.4. The lowest BCUT2D eigenvalue weighted by atomic mass is 10.0. The number of nitriles is 1. The van der Waals surface area contributed by atoms with Gasteiger partial charge in [-0.25, -0.2) is 0 Å². The molecule has 1 aromatic heterocycles. The van der Waals surface area contributed by atoms with Crippen LogP contribution in [0.25, 0.3) is 6.08 Å². The molecule has 2 atom stereocenters. The second-order valence-electron chi connectivity index (χ2n) is 10.7. The molecule has 2 aliphatic heterocycles. The molecule has 1 amide bonds. The maximum absolute atomic E-state index is 13.4. The Balaban J connectivity index is 1.69. The Hall–Kier alpha value is -2.68. The predicted molar refractivity (Wildman–Crippen MR) is 162 cm³/mol. The van der Waals surface area contributed by atoms with Crippen LogP contribution < -0.4 is 10.5 Å². The highest BCUT2D eigenvalue weighted by Crippen LogP contribution is 2.36. The number of hydrogen-bond donors (Lipinski definition) is 1. The van der Waals surface area contributed by atoms with E-state index in [4.69, 9.17) is 22.1 Å². The highest BCUT2D eigenvalue weighted by Gasteiger charge is 2.33. The first-order chi connectivity index (χ1) is 19.0. The van der Waals surface area contributed by atoms with Gasteiger partial charge in [0.25, 0.3) is 11.5 Å². The third-order valence-corrected chi connectivity index (χ3v) is 8.74. The van der Waals surface area contributed by atoms with Crippen LogP contribution in [0, 0.1) is 18.3 Å². The zero-order valence-electron chi connectivity index (χ0n) is 23.9. The van der Waals surface area contributed by atoms with Crippen molar-refractivity contribution in [1.82, 2.24) is 9.47 Å². The van der Waals surface area contributed by atoms with Crippen molar-refractivity contribution >= 4 is 52.1 Å². The molecule has 0 aliphatic carbocycles. The smallest absolute Gasteiger partial charge is 0.303 e. The zero-order valence-corrected chi connectivity index (χ0v) is 25.5. The normalized spacial score (nSPS) is 20.4. The first-order valence-corrected chi connectivity index (χ1v) is 15.3. The van der Waals surface area contributed by atoms with E-state index in [2.05, 4.69) is 11.0 Å². The average Bonchev–Trinajstić information content (AvgIpc) is 3.15. The number of hydrogen-bond acceptors (Lipinski definition) is 8. The number of carbonyl (C=O) groups is 2. The van der Waals surface area contributed by atoms with Gasteiger partial charge in [0.2, 0.25) is 0 Å². The summed E-state index contributed by atoms with van der Waals surface area (Å²) in [5.41, 5.74) is 0.959. The number of ether oxygens (including phenoxy) is 1. The molecule has 0 bridgehead atoms. The molecule has 2 fully saturated rings. The quantitative estimate of drug-likeness (QED) is 0.194. The number of amides is 1. The molecule has 40 heavy (non-hydrogen) atoms. The molecule has 218 valence electrons. The van der Waals surface area contributed by atoms with Gasteiger partial charge in [-0.2, -0.15) is 5.26 Å². The van der Waals surface area contributed by atoms with Gasteiger partial charge in [-0.3, -0.25) is 23.9 Å². The average molecular weight is 589 g/mol. The number of unbranched alkanes of at least 4 members (excludes halogenated alkanes) is 7. The fourth-order valence-electron chi connectivity index (χ4n) is 5.38. The summed E-state index contributed by atoms with van der Waals surface area (Å²) in [7, 11) is 1.67. The van der Waals surface area contributed by atoms with Crippen molar-refractivity contribution in [3.63, 3.8) is 0 Å². The summed E-state index contributed by atoms with van der Waals surface area (Å²) in [6, 6.07) is 2.05. The third-order valence-electron chi connectivity index (χ3n) is 7.36. The van der Waals surface area contributed by atoms with E-state index in [1.54, 1.807) is 24.9 Å². The number of morpholine rings is 1. The van der Waals surface area contributed by atoms with Gasteiger partial charge < -0.3 is 14.7 Å². The Morgan fingerprint density at radius 1 is 1.10 bits per heavy atom. The van der Waals surface area contributed by atoms with E-state index in [-0.39, 0.29) is 35.7 Å². The van der Waals surface area contributed by atoms with Crippen molar-refractivity contribution in [3.05, 3.63) is 31.9 Å². The molecule has 0 saturated carbocycles. The first-order valence-electron chi connectivity index (χ1n) is 14.1. The topological polar surface area (TPSA) is 116 Å². The molecule has 0 spiro atoms. The van der Waals surface area contributed by atoms with Gasteiger partial charge in [0.05, 0.1) is 17.1 Å². The molecule has 1 aromatic rings. The number of carboxylic acid groups (broad SMARTS) is 1. The number of pyridine rings is 1. The standard InChI is InChI=1S/C29H40N4O5S2/c1-19-17-32(18-20(2)38-19)26-22(21(3)23(16-30)27(36)31(26)4)15-24-28(37)33(29(39)40-24)14-12-10-8-6-5-7-9-11-13-25(34)35/h15,19-20H,5-14,17-18H2,1-4H3,(H,34,35)/b24-15-. The van der Waals surface area contributed by atoms with Crippen molar-refractivity contribution in [2.75, 3.05) is 24.5 Å². The van der Waals surface area contributed by atoms with Gasteiger partial charge in [0.15, 0.2) is 0 Å². The molecule has 0 radical (unpaired) electrons. The van der Waals surface area contributed by atoms with Gasteiger partial charge in [-0.05, 0) is 45.3 Å². The minimum atomic E-state index is -0.733. The van der Waals surface area contributed by atoms with Crippen LogP contribution >= 0.6 is 24.0 Å². The van der Waals surface area contributed by atoms with Gasteiger partial charge in [-0.15, -0.1) is 0 Å². The molecule has 2 unspecified atom stereocenters. The molecular formula is C29H40N4O5S2. The Bertz CT molecular complexity index is 1240. The molecule has 9 nitrogen and oxygen atoms in total. The lowest BCUT2D eigenvalue weighted by molar-refractivity contribution is -0.137. The SMILES string of the molecule is Cc1c(/C=C2\SC(=S)N(CCCCCCCCCCC(=O)O)C2=O)c(N2CC(C)OC(C)C2)n(C)c(=O)c1C#N. The number of aliphatic carboxylic acids is 1. The van der Waals surface area contributed by atoms with Crippen LogP contribution in [0.4, 0.5) is 5.82 Å². The lowest BCUT2D eigenvalue weighted by Gasteiger charge is -2.38. The fraction of sp³-hybridized carbons (Fsp3) is 0.621. The number of nitrogens with zero attached hydrogens (tertiary/aromatic N) is 4. The molecule has 1 N–H and O–H groups in total. The van der Waals surface area contributed by atoms with Gasteiger partial charge in [-0.1, -0.05) is 62.5 Å².